The van der Waals surface area contributed by atoms with E-state index < -0.39 is 5.97 Å². The van der Waals surface area contributed by atoms with Crippen molar-refractivity contribution in [3.8, 4) is 0 Å². The maximum Gasteiger partial charge on any atom is 0.335 e. The highest BCUT2D eigenvalue weighted by atomic mass is 16.5. The van der Waals surface area contributed by atoms with E-state index >= 15 is 0 Å². The van der Waals surface area contributed by atoms with Crippen LogP contribution >= 0.6 is 0 Å². The molecular weight excluding hydrogens is 244 g/mol. The molecule has 1 N–H and O–H groups in total. The van der Waals surface area contributed by atoms with Gasteiger partial charge in [0.05, 0.1) is 16.6 Å². The SMILES string of the molecule is COCc1nc2cc(C(=O)O)ccc2n1CC(C)C. The summed E-state index contributed by atoms with van der Waals surface area (Å²) in [6.45, 7) is 5.52. The van der Waals surface area contributed by atoms with Crippen LogP contribution in [0, 0.1) is 5.92 Å². The van der Waals surface area contributed by atoms with Crippen molar-refractivity contribution >= 4 is 17.0 Å². The number of carboxylic acid groups (broad SMARTS) is 1. The van der Waals surface area contributed by atoms with Crippen LogP contribution in [0.25, 0.3) is 11.0 Å². The van der Waals surface area contributed by atoms with Gasteiger partial charge in [0, 0.05) is 13.7 Å². The van der Waals surface area contributed by atoms with Crippen LogP contribution in [0.3, 0.4) is 0 Å². The fraction of sp³-hybridized carbons (Fsp3) is 0.429. The lowest BCUT2D eigenvalue weighted by molar-refractivity contribution is 0.0697. The summed E-state index contributed by atoms with van der Waals surface area (Å²) in [5.74, 6) is 0.370. The molecule has 0 atom stereocenters. The summed E-state index contributed by atoms with van der Waals surface area (Å²) in [5, 5.41) is 9.01. The summed E-state index contributed by atoms with van der Waals surface area (Å²) in [6, 6.07) is 5.03. The molecule has 0 amide bonds. The van der Waals surface area contributed by atoms with Crippen LogP contribution in [0.4, 0.5) is 0 Å². The zero-order valence-corrected chi connectivity index (χ0v) is 11.4. The Kier molecular flexibility index (Phi) is 3.85. The Balaban J connectivity index is 2.55. The maximum atomic E-state index is 11.0. The molecule has 1 heterocycles. The van der Waals surface area contributed by atoms with Gasteiger partial charge in [-0.3, -0.25) is 0 Å². The molecule has 0 unspecified atom stereocenters. The number of carboxylic acids is 1. The fourth-order valence-corrected chi connectivity index (χ4v) is 2.12. The van der Waals surface area contributed by atoms with Gasteiger partial charge in [0.25, 0.3) is 0 Å². The molecule has 1 aromatic carbocycles. The fourth-order valence-electron chi connectivity index (χ4n) is 2.12. The quantitative estimate of drug-likeness (QED) is 0.899. The molecule has 102 valence electrons. The van der Waals surface area contributed by atoms with Gasteiger partial charge in [-0.15, -0.1) is 0 Å². The zero-order chi connectivity index (χ0) is 14.0. The number of rotatable bonds is 5. The van der Waals surface area contributed by atoms with Crippen molar-refractivity contribution < 1.29 is 14.6 Å². The number of carbonyl (C=O) groups is 1. The van der Waals surface area contributed by atoms with Crippen molar-refractivity contribution in [1.82, 2.24) is 9.55 Å². The minimum Gasteiger partial charge on any atom is -0.478 e. The molecule has 0 spiro atoms. The second kappa shape index (κ2) is 5.40. The van der Waals surface area contributed by atoms with Gasteiger partial charge in [-0.25, -0.2) is 9.78 Å². The first-order valence-electron chi connectivity index (χ1n) is 6.24. The smallest absolute Gasteiger partial charge is 0.335 e. The number of fused-ring (bicyclic) bond motifs is 1. The molecule has 0 aliphatic carbocycles. The van der Waals surface area contributed by atoms with Gasteiger partial charge >= 0.3 is 5.97 Å². The van der Waals surface area contributed by atoms with Crippen molar-refractivity contribution in [2.75, 3.05) is 7.11 Å². The molecular formula is C14H18N2O3. The van der Waals surface area contributed by atoms with Gasteiger partial charge < -0.3 is 14.4 Å². The molecule has 0 bridgehead atoms. The van der Waals surface area contributed by atoms with E-state index in [1.54, 1.807) is 19.2 Å². The van der Waals surface area contributed by atoms with Gasteiger partial charge in [-0.05, 0) is 24.1 Å². The lowest BCUT2D eigenvalue weighted by atomic mass is 10.2. The van der Waals surface area contributed by atoms with Gasteiger partial charge in [0.2, 0.25) is 0 Å². The van der Waals surface area contributed by atoms with Crippen molar-refractivity contribution in [1.29, 1.82) is 0 Å². The number of imidazole rings is 1. The molecule has 1 aromatic heterocycles. The first kappa shape index (κ1) is 13.5. The monoisotopic (exact) mass is 262 g/mol. The molecule has 0 aliphatic heterocycles. The molecule has 19 heavy (non-hydrogen) atoms. The zero-order valence-electron chi connectivity index (χ0n) is 11.4. The largest absolute Gasteiger partial charge is 0.478 e. The third kappa shape index (κ3) is 2.76. The lowest BCUT2D eigenvalue weighted by Gasteiger charge is -2.11. The average Bonchev–Trinajstić information content (AvgIpc) is 2.66. The van der Waals surface area contributed by atoms with E-state index in [4.69, 9.17) is 9.84 Å². The number of hydrogen-bond donors (Lipinski definition) is 1. The van der Waals surface area contributed by atoms with Crippen LogP contribution in [0.5, 0.6) is 0 Å². The second-order valence-electron chi connectivity index (χ2n) is 4.97. The summed E-state index contributed by atoms with van der Waals surface area (Å²) >= 11 is 0. The highest BCUT2D eigenvalue weighted by molar-refractivity contribution is 5.92. The van der Waals surface area contributed by atoms with Crippen LogP contribution < -0.4 is 0 Å². The lowest BCUT2D eigenvalue weighted by Crippen LogP contribution is -2.09. The van der Waals surface area contributed by atoms with E-state index in [0.29, 0.717) is 18.0 Å². The summed E-state index contributed by atoms with van der Waals surface area (Å²) in [6.07, 6.45) is 0. The van der Waals surface area contributed by atoms with Crippen LogP contribution in [-0.4, -0.2) is 27.7 Å². The number of benzene rings is 1. The van der Waals surface area contributed by atoms with Crippen molar-refractivity contribution in [3.63, 3.8) is 0 Å². The Morgan fingerprint density at radius 2 is 2.21 bits per heavy atom. The van der Waals surface area contributed by atoms with Crippen LogP contribution in [-0.2, 0) is 17.9 Å². The van der Waals surface area contributed by atoms with E-state index in [1.165, 1.54) is 0 Å². The second-order valence-corrected chi connectivity index (χ2v) is 4.97. The Bertz CT molecular complexity index is 602. The van der Waals surface area contributed by atoms with Crippen molar-refractivity contribution in [2.45, 2.75) is 27.0 Å². The first-order valence-corrected chi connectivity index (χ1v) is 6.24. The summed E-state index contributed by atoms with van der Waals surface area (Å²) in [7, 11) is 1.63. The molecule has 0 saturated heterocycles. The summed E-state index contributed by atoms with van der Waals surface area (Å²) in [4.78, 5) is 15.5. The van der Waals surface area contributed by atoms with Gasteiger partial charge in [0.1, 0.15) is 12.4 Å². The highest BCUT2D eigenvalue weighted by Crippen LogP contribution is 2.20. The Morgan fingerprint density at radius 1 is 1.47 bits per heavy atom. The third-order valence-corrected chi connectivity index (χ3v) is 2.90. The highest BCUT2D eigenvalue weighted by Gasteiger charge is 2.13. The summed E-state index contributed by atoms with van der Waals surface area (Å²) < 4.78 is 7.25. The molecule has 0 radical (unpaired) electrons. The van der Waals surface area contributed by atoms with Crippen molar-refractivity contribution in [2.24, 2.45) is 5.92 Å². The minimum absolute atomic E-state index is 0.255. The Morgan fingerprint density at radius 3 is 2.79 bits per heavy atom. The molecule has 2 rings (SSSR count). The number of hydrogen-bond acceptors (Lipinski definition) is 3. The standard InChI is InChI=1S/C14H18N2O3/c1-9(2)7-16-12-5-4-10(14(17)18)6-11(12)15-13(16)8-19-3/h4-6,9H,7-8H2,1-3H3,(H,17,18). The number of nitrogens with zero attached hydrogens (tertiary/aromatic N) is 2. The van der Waals surface area contributed by atoms with E-state index in [0.717, 1.165) is 17.9 Å². The first-order chi connectivity index (χ1) is 9.02. The van der Waals surface area contributed by atoms with E-state index in [-0.39, 0.29) is 5.56 Å². The van der Waals surface area contributed by atoms with E-state index in [1.807, 2.05) is 6.07 Å². The number of aromatic nitrogens is 2. The van der Waals surface area contributed by atoms with E-state index in [2.05, 4.69) is 23.4 Å². The topological polar surface area (TPSA) is 64.3 Å². The molecule has 0 saturated carbocycles. The van der Waals surface area contributed by atoms with Crippen LogP contribution in [0.15, 0.2) is 18.2 Å². The normalized spacial score (nSPS) is 11.4. The predicted octanol–water partition coefficient (Wildman–Crippen LogP) is 2.54. The number of methoxy groups -OCH3 is 1. The Hall–Kier alpha value is -1.88. The molecule has 0 fully saturated rings. The van der Waals surface area contributed by atoms with Gasteiger partial charge in [-0.2, -0.15) is 0 Å². The summed E-state index contributed by atoms with van der Waals surface area (Å²) in [5.41, 5.74) is 1.91. The van der Waals surface area contributed by atoms with Gasteiger partial charge in [0.15, 0.2) is 0 Å². The average molecular weight is 262 g/mol. The number of aromatic carboxylic acids is 1. The molecule has 5 heteroatoms. The van der Waals surface area contributed by atoms with Gasteiger partial charge in [-0.1, -0.05) is 13.8 Å². The minimum atomic E-state index is -0.936. The molecule has 5 nitrogen and oxygen atoms in total. The maximum absolute atomic E-state index is 11.0. The third-order valence-electron chi connectivity index (χ3n) is 2.90. The molecule has 0 aliphatic rings. The Labute approximate surface area is 111 Å². The van der Waals surface area contributed by atoms with Crippen molar-refractivity contribution in [3.05, 3.63) is 29.6 Å². The predicted molar refractivity (Wildman–Crippen MR) is 72.2 cm³/mol. The number of ether oxygens (including phenoxy) is 1. The molecule has 2 aromatic rings. The van der Waals surface area contributed by atoms with Crippen LogP contribution in [0.2, 0.25) is 0 Å². The van der Waals surface area contributed by atoms with E-state index in [9.17, 15) is 4.79 Å². The van der Waals surface area contributed by atoms with Crippen LogP contribution in [0.1, 0.15) is 30.0 Å².